The molecule has 0 aliphatic carbocycles. The largest absolute Gasteiger partial charge is 0.475 e. The summed E-state index contributed by atoms with van der Waals surface area (Å²) in [5.41, 5.74) is 2.57. The highest BCUT2D eigenvalue weighted by atomic mass is 19.4. The topological polar surface area (TPSA) is 88.6 Å². The maximum atomic E-state index is 13.6. The average Bonchev–Trinajstić information content (AvgIpc) is 2.90. The smallest absolute Gasteiger partial charge is 0.416 e. The van der Waals surface area contributed by atoms with E-state index in [4.69, 9.17) is 9.47 Å². The fourth-order valence-electron chi connectivity index (χ4n) is 4.28. The summed E-state index contributed by atoms with van der Waals surface area (Å²) in [5, 5.41) is 14.1. The molecule has 1 saturated heterocycles. The van der Waals surface area contributed by atoms with Crippen LogP contribution in [0, 0.1) is 6.92 Å². The number of nitrogens with one attached hydrogen (secondary N) is 2. The molecule has 2 aromatic carbocycles. The number of rotatable bonds is 8. The molecular weight excluding hydrogens is 499 g/mol. The summed E-state index contributed by atoms with van der Waals surface area (Å²) >= 11 is 0. The van der Waals surface area contributed by atoms with Gasteiger partial charge in [0.15, 0.2) is 0 Å². The molecule has 2 heterocycles. The van der Waals surface area contributed by atoms with E-state index >= 15 is 0 Å². The van der Waals surface area contributed by atoms with Crippen LogP contribution in [0.4, 0.5) is 24.5 Å². The molecule has 1 fully saturated rings. The van der Waals surface area contributed by atoms with E-state index in [1.54, 1.807) is 19.2 Å². The molecule has 0 bridgehead atoms. The van der Waals surface area contributed by atoms with Crippen molar-refractivity contribution >= 4 is 17.3 Å². The van der Waals surface area contributed by atoms with Gasteiger partial charge in [-0.1, -0.05) is 12.1 Å². The van der Waals surface area contributed by atoms with Crippen molar-refractivity contribution in [3.63, 3.8) is 0 Å². The summed E-state index contributed by atoms with van der Waals surface area (Å²) in [7, 11) is 1.56. The Balaban J connectivity index is 1.63. The number of hydrogen-bond acceptors (Lipinski definition) is 7. The van der Waals surface area contributed by atoms with E-state index in [0.717, 1.165) is 22.9 Å². The van der Waals surface area contributed by atoms with Crippen LogP contribution in [-0.4, -0.2) is 56.1 Å². The second-order valence-corrected chi connectivity index (χ2v) is 8.84. The van der Waals surface area contributed by atoms with Crippen molar-refractivity contribution in [2.45, 2.75) is 26.6 Å². The molecule has 3 aromatic rings. The Labute approximate surface area is 219 Å². The Morgan fingerprint density at radius 3 is 2.55 bits per heavy atom. The number of ether oxygens (including phenoxy) is 2. The molecule has 11 heteroatoms. The molecule has 0 atom stereocenters. The van der Waals surface area contributed by atoms with Gasteiger partial charge in [0.2, 0.25) is 0 Å². The van der Waals surface area contributed by atoms with Gasteiger partial charge in [-0.15, -0.1) is 10.2 Å². The molecule has 38 heavy (non-hydrogen) atoms. The number of benzene rings is 2. The van der Waals surface area contributed by atoms with Crippen molar-refractivity contribution in [2.24, 2.45) is 0 Å². The van der Waals surface area contributed by atoms with Gasteiger partial charge in [-0.2, -0.15) is 13.2 Å². The number of amides is 1. The molecule has 0 unspecified atom stereocenters. The number of anilines is 2. The summed E-state index contributed by atoms with van der Waals surface area (Å²) < 4.78 is 51.9. The van der Waals surface area contributed by atoms with Crippen LogP contribution in [-0.2, 0) is 17.5 Å². The molecule has 2 N–H and O–H groups in total. The summed E-state index contributed by atoms with van der Waals surface area (Å²) in [5.74, 6) is -0.212. The average molecular weight is 530 g/mol. The van der Waals surface area contributed by atoms with Gasteiger partial charge in [-0.05, 0) is 62.4 Å². The maximum Gasteiger partial charge on any atom is 0.416 e. The van der Waals surface area contributed by atoms with Gasteiger partial charge < -0.3 is 25.0 Å². The van der Waals surface area contributed by atoms with Crippen LogP contribution in [0.25, 0.3) is 11.3 Å². The molecule has 0 radical (unpaired) electrons. The predicted octanol–water partition coefficient (Wildman–Crippen LogP) is 4.68. The predicted molar refractivity (Wildman–Crippen MR) is 139 cm³/mol. The zero-order valence-electron chi connectivity index (χ0n) is 21.5. The second kappa shape index (κ2) is 11.8. The lowest BCUT2D eigenvalue weighted by atomic mass is 10.0. The lowest BCUT2D eigenvalue weighted by Gasteiger charge is -2.29. The maximum absolute atomic E-state index is 13.6. The minimum Gasteiger partial charge on any atom is -0.475 e. The van der Waals surface area contributed by atoms with Crippen molar-refractivity contribution < 1.29 is 27.4 Å². The van der Waals surface area contributed by atoms with Crippen LogP contribution in [0.2, 0.25) is 0 Å². The van der Waals surface area contributed by atoms with Crippen LogP contribution in [0.15, 0.2) is 42.5 Å². The van der Waals surface area contributed by atoms with E-state index in [1.807, 2.05) is 26.0 Å². The van der Waals surface area contributed by atoms with E-state index in [9.17, 15) is 18.0 Å². The minimum absolute atomic E-state index is 0.0353. The van der Waals surface area contributed by atoms with Gasteiger partial charge in [0.1, 0.15) is 5.69 Å². The first-order valence-corrected chi connectivity index (χ1v) is 12.3. The summed E-state index contributed by atoms with van der Waals surface area (Å²) in [6.45, 7) is 6.82. The van der Waals surface area contributed by atoms with Gasteiger partial charge in [0.25, 0.3) is 11.8 Å². The van der Waals surface area contributed by atoms with Crippen molar-refractivity contribution in [1.29, 1.82) is 0 Å². The number of nitrogens with zero attached hydrogens (tertiary/aromatic N) is 3. The molecule has 202 valence electrons. The van der Waals surface area contributed by atoms with Crippen LogP contribution >= 0.6 is 0 Å². The van der Waals surface area contributed by atoms with Crippen LogP contribution in [0.1, 0.15) is 34.0 Å². The first-order chi connectivity index (χ1) is 18.2. The van der Waals surface area contributed by atoms with E-state index < -0.39 is 17.6 Å². The number of morpholine rings is 1. The molecule has 4 rings (SSSR count). The van der Waals surface area contributed by atoms with Gasteiger partial charge in [0, 0.05) is 36.4 Å². The SMILES string of the molecule is CCOc1nnc(-c2cc(NC(=O)c3ccc(CNC)c(C(F)(F)F)c3)ccc2C)cc1N1CCOCC1. The molecule has 1 amide bonds. The lowest BCUT2D eigenvalue weighted by molar-refractivity contribution is -0.138. The van der Waals surface area contributed by atoms with Gasteiger partial charge in [-0.25, -0.2) is 0 Å². The highest BCUT2D eigenvalue weighted by Crippen LogP contribution is 2.34. The Bertz CT molecular complexity index is 1290. The van der Waals surface area contributed by atoms with Gasteiger partial charge in [-0.3, -0.25) is 4.79 Å². The highest BCUT2D eigenvalue weighted by Gasteiger charge is 2.34. The van der Waals surface area contributed by atoms with Crippen LogP contribution in [0.5, 0.6) is 5.88 Å². The number of carbonyl (C=O) groups excluding carboxylic acids is 1. The first kappa shape index (κ1) is 27.3. The van der Waals surface area contributed by atoms with Gasteiger partial charge >= 0.3 is 6.18 Å². The molecule has 8 nitrogen and oxygen atoms in total. The van der Waals surface area contributed by atoms with Crippen molar-refractivity contribution in [1.82, 2.24) is 15.5 Å². The Morgan fingerprint density at radius 1 is 1.11 bits per heavy atom. The third-order valence-corrected chi connectivity index (χ3v) is 6.19. The summed E-state index contributed by atoms with van der Waals surface area (Å²) in [6.07, 6.45) is -4.58. The quantitative estimate of drug-likeness (QED) is 0.438. The van der Waals surface area contributed by atoms with Crippen molar-refractivity contribution in [3.05, 3.63) is 64.7 Å². The fourth-order valence-corrected chi connectivity index (χ4v) is 4.28. The zero-order valence-corrected chi connectivity index (χ0v) is 21.5. The number of halogens is 3. The number of aromatic nitrogens is 2. The lowest BCUT2D eigenvalue weighted by Crippen LogP contribution is -2.36. The number of carbonyl (C=O) groups is 1. The monoisotopic (exact) mass is 529 g/mol. The summed E-state index contributed by atoms with van der Waals surface area (Å²) in [4.78, 5) is 15.0. The number of hydrogen-bond donors (Lipinski definition) is 2. The fraction of sp³-hybridized carbons (Fsp3) is 0.370. The van der Waals surface area contributed by atoms with Crippen LogP contribution in [0.3, 0.4) is 0 Å². The standard InChI is InChI=1S/C27H30F3N5O3/c1-4-38-26-24(35-9-11-37-12-10-35)15-23(33-34-26)21-14-20(8-5-17(21)2)32-25(36)18-6-7-19(16-31-3)22(13-18)27(28,29)30/h5-8,13-15,31H,4,9-12,16H2,1-3H3,(H,32,36). The highest BCUT2D eigenvalue weighted by molar-refractivity contribution is 6.04. The zero-order chi connectivity index (χ0) is 27.3. The molecule has 0 spiro atoms. The Hall–Kier alpha value is -3.70. The Morgan fingerprint density at radius 2 is 1.87 bits per heavy atom. The van der Waals surface area contributed by atoms with Gasteiger partial charge in [0.05, 0.1) is 31.1 Å². The molecule has 1 aromatic heterocycles. The second-order valence-electron chi connectivity index (χ2n) is 8.84. The third kappa shape index (κ3) is 6.22. The van der Waals surface area contributed by atoms with E-state index in [-0.39, 0.29) is 17.7 Å². The minimum atomic E-state index is -4.58. The third-order valence-electron chi connectivity index (χ3n) is 6.19. The van der Waals surface area contributed by atoms with E-state index in [2.05, 4.69) is 25.7 Å². The number of alkyl halides is 3. The Kier molecular flexibility index (Phi) is 8.48. The molecule has 1 aliphatic heterocycles. The van der Waals surface area contributed by atoms with Crippen LogP contribution < -0.4 is 20.3 Å². The molecule has 0 saturated carbocycles. The van der Waals surface area contributed by atoms with E-state index in [1.165, 1.54) is 12.1 Å². The normalized spacial score (nSPS) is 13.9. The molecule has 1 aliphatic rings. The van der Waals surface area contributed by atoms with Crippen molar-refractivity contribution in [3.8, 4) is 17.1 Å². The molecular formula is C27H30F3N5O3. The summed E-state index contributed by atoms with van der Waals surface area (Å²) in [6, 6.07) is 10.7. The van der Waals surface area contributed by atoms with E-state index in [0.29, 0.717) is 50.2 Å². The first-order valence-electron chi connectivity index (χ1n) is 12.3. The number of aryl methyl sites for hydroxylation is 1. The van der Waals surface area contributed by atoms with Crippen molar-refractivity contribution in [2.75, 3.05) is 50.2 Å².